The number of carbonyl (C=O) groups excluding carboxylic acids is 1. The van der Waals surface area contributed by atoms with Crippen LogP contribution in [0.1, 0.15) is 92.4 Å². The SMILES string of the molecule is CCCCCCCCC(C(=O)OO)C1CC(C)(C)NC(C)(C)C1. The fourth-order valence-electron chi connectivity index (χ4n) is 4.44. The average Bonchev–Trinajstić information content (AvgIpc) is 2.42. The summed E-state index contributed by atoms with van der Waals surface area (Å²) in [6, 6.07) is 0. The molecule has 0 aromatic carbocycles. The van der Waals surface area contributed by atoms with Crippen molar-refractivity contribution in [1.82, 2.24) is 5.32 Å². The fourth-order valence-corrected chi connectivity index (χ4v) is 4.44. The molecule has 0 amide bonds. The summed E-state index contributed by atoms with van der Waals surface area (Å²) in [5, 5.41) is 12.6. The first kappa shape index (κ1) is 20.4. The van der Waals surface area contributed by atoms with E-state index in [1.54, 1.807) is 0 Å². The molecule has 1 unspecified atom stereocenters. The van der Waals surface area contributed by atoms with E-state index in [1.807, 2.05) is 0 Å². The summed E-state index contributed by atoms with van der Waals surface area (Å²) in [5.74, 6) is -0.375. The predicted octanol–water partition coefficient (Wildman–Crippen LogP) is 4.93. The van der Waals surface area contributed by atoms with Crippen LogP contribution in [0, 0.1) is 11.8 Å². The molecule has 1 saturated heterocycles. The molecule has 23 heavy (non-hydrogen) atoms. The Balaban J connectivity index is 2.61. The summed E-state index contributed by atoms with van der Waals surface area (Å²) in [5.41, 5.74) is 0.00303. The first-order valence-corrected chi connectivity index (χ1v) is 9.35. The number of carbonyl (C=O) groups is 1. The Hall–Kier alpha value is -0.610. The molecule has 0 saturated carbocycles. The fraction of sp³-hybridized carbons (Fsp3) is 0.947. The van der Waals surface area contributed by atoms with Gasteiger partial charge < -0.3 is 10.2 Å². The van der Waals surface area contributed by atoms with Crippen LogP contribution in [-0.2, 0) is 9.68 Å². The standard InChI is InChI=1S/C19H37NO3/c1-6-7-8-9-10-11-12-16(17(21)23-22)15-13-18(2,3)20-19(4,5)14-15/h15-16,20,22H,6-14H2,1-5H3. The minimum Gasteiger partial charge on any atom is -0.307 e. The molecule has 0 radical (unpaired) electrons. The van der Waals surface area contributed by atoms with E-state index >= 15 is 0 Å². The van der Waals surface area contributed by atoms with E-state index in [9.17, 15) is 4.79 Å². The van der Waals surface area contributed by atoms with Crippen LogP contribution in [0.2, 0.25) is 0 Å². The second-order valence-electron chi connectivity index (χ2n) is 8.63. The average molecular weight is 328 g/mol. The Kier molecular flexibility index (Phi) is 8.02. The second kappa shape index (κ2) is 9.03. The Bertz CT molecular complexity index is 350. The maximum Gasteiger partial charge on any atom is 0.345 e. The van der Waals surface area contributed by atoms with Crippen molar-refractivity contribution < 1.29 is 14.9 Å². The third-order valence-electron chi connectivity index (χ3n) is 5.05. The van der Waals surface area contributed by atoms with E-state index in [2.05, 4.69) is 44.8 Å². The number of unbranched alkanes of at least 4 members (excludes halogenated alkanes) is 5. The minimum absolute atomic E-state index is 0.00152. The van der Waals surface area contributed by atoms with E-state index < -0.39 is 5.97 Å². The summed E-state index contributed by atoms with van der Waals surface area (Å²) < 4.78 is 0. The zero-order valence-corrected chi connectivity index (χ0v) is 15.8. The molecular weight excluding hydrogens is 290 g/mol. The molecular formula is C19H37NO3. The van der Waals surface area contributed by atoms with Gasteiger partial charge in [-0.05, 0) is 52.9 Å². The highest BCUT2D eigenvalue weighted by molar-refractivity contribution is 5.72. The minimum atomic E-state index is -0.447. The maximum absolute atomic E-state index is 12.1. The molecule has 2 N–H and O–H groups in total. The zero-order chi connectivity index (χ0) is 17.5. The third kappa shape index (κ3) is 7.21. The summed E-state index contributed by atoms with van der Waals surface area (Å²) >= 11 is 0. The molecule has 1 rings (SSSR count). The molecule has 0 bridgehead atoms. The van der Waals surface area contributed by atoms with Gasteiger partial charge in [-0.2, -0.15) is 5.26 Å². The summed E-state index contributed by atoms with van der Waals surface area (Å²) in [4.78, 5) is 16.2. The van der Waals surface area contributed by atoms with Crippen LogP contribution in [-0.4, -0.2) is 22.3 Å². The van der Waals surface area contributed by atoms with Crippen molar-refractivity contribution in [2.24, 2.45) is 11.8 Å². The summed E-state index contributed by atoms with van der Waals surface area (Å²) in [6.45, 7) is 11.0. The van der Waals surface area contributed by atoms with Gasteiger partial charge in [-0.25, -0.2) is 4.79 Å². The lowest BCUT2D eigenvalue weighted by Crippen LogP contribution is -2.59. The van der Waals surface area contributed by atoms with Crippen LogP contribution < -0.4 is 5.32 Å². The van der Waals surface area contributed by atoms with Gasteiger partial charge in [0.2, 0.25) is 0 Å². The van der Waals surface area contributed by atoms with Crippen molar-refractivity contribution in [2.75, 3.05) is 0 Å². The molecule has 4 nitrogen and oxygen atoms in total. The topological polar surface area (TPSA) is 58.6 Å². The van der Waals surface area contributed by atoms with Crippen molar-refractivity contribution in [2.45, 2.75) is 103 Å². The lowest BCUT2D eigenvalue weighted by molar-refractivity contribution is -0.241. The summed E-state index contributed by atoms with van der Waals surface area (Å²) in [6.07, 6.45) is 9.94. The van der Waals surface area contributed by atoms with Crippen molar-refractivity contribution in [3.05, 3.63) is 0 Å². The number of hydrogen-bond acceptors (Lipinski definition) is 4. The van der Waals surface area contributed by atoms with Crippen molar-refractivity contribution in [1.29, 1.82) is 0 Å². The van der Waals surface area contributed by atoms with E-state index in [0.717, 1.165) is 32.1 Å². The van der Waals surface area contributed by atoms with Gasteiger partial charge in [0.15, 0.2) is 0 Å². The molecule has 1 aliphatic rings. The Labute approximate surface area is 142 Å². The Morgan fingerprint density at radius 3 is 2.13 bits per heavy atom. The molecule has 1 aliphatic heterocycles. The normalized spacial score (nSPS) is 21.8. The van der Waals surface area contributed by atoms with Crippen LogP contribution in [0.25, 0.3) is 0 Å². The van der Waals surface area contributed by atoms with E-state index in [4.69, 9.17) is 5.26 Å². The highest BCUT2D eigenvalue weighted by atomic mass is 17.1. The summed E-state index contributed by atoms with van der Waals surface area (Å²) in [7, 11) is 0. The number of rotatable bonds is 9. The number of nitrogens with one attached hydrogen (secondary N) is 1. The number of hydrogen-bond donors (Lipinski definition) is 2. The third-order valence-corrected chi connectivity index (χ3v) is 5.05. The Morgan fingerprint density at radius 1 is 1.09 bits per heavy atom. The van der Waals surface area contributed by atoms with Gasteiger partial charge in [-0.15, -0.1) is 0 Å². The van der Waals surface area contributed by atoms with Gasteiger partial charge in [-0.1, -0.05) is 45.4 Å². The van der Waals surface area contributed by atoms with Gasteiger partial charge in [0.25, 0.3) is 0 Å². The molecule has 1 heterocycles. The zero-order valence-electron chi connectivity index (χ0n) is 15.8. The van der Waals surface area contributed by atoms with Gasteiger partial charge >= 0.3 is 5.97 Å². The Morgan fingerprint density at radius 2 is 1.61 bits per heavy atom. The predicted molar refractivity (Wildman–Crippen MR) is 94.2 cm³/mol. The maximum atomic E-state index is 12.1. The van der Waals surface area contributed by atoms with Crippen LogP contribution in [0.15, 0.2) is 0 Å². The smallest absolute Gasteiger partial charge is 0.307 e. The van der Waals surface area contributed by atoms with E-state index in [1.165, 1.54) is 25.7 Å². The monoisotopic (exact) mass is 327 g/mol. The first-order valence-electron chi connectivity index (χ1n) is 9.35. The quantitative estimate of drug-likeness (QED) is 0.358. The largest absolute Gasteiger partial charge is 0.345 e. The van der Waals surface area contributed by atoms with Crippen LogP contribution in [0.3, 0.4) is 0 Å². The first-order chi connectivity index (χ1) is 10.7. The molecule has 1 atom stereocenters. The highest BCUT2D eigenvalue weighted by Gasteiger charge is 2.43. The molecule has 0 aliphatic carbocycles. The van der Waals surface area contributed by atoms with Crippen LogP contribution in [0.4, 0.5) is 0 Å². The second-order valence-corrected chi connectivity index (χ2v) is 8.63. The molecule has 0 spiro atoms. The molecule has 4 heteroatoms. The van der Waals surface area contributed by atoms with Gasteiger partial charge in [0.05, 0.1) is 5.92 Å². The highest BCUT2D eigenvalue weighted by Crippen LogP contribution is 2.39. The lowest BCUT2D eigenvalue weighted by atomic mass is 9.69. The molecule has 1 fully saturated rings. The molecule has 136 valence electrons. The van der Waals surface area contributed by atoms with Crippen LogP contribution >= 0.6 is 0 Å². The molecule has 0 aromatic heterocycles. The van der Waals surface area contributed by atoms with Gasteiger partial charge in [0.1, 0.15) is 0 Å². The van der Waals surface area contributed by atoms with E-state index in [0.29, 0.717) is 0 Å². The van der Waals surface area contributed by atoms with Gasteiger partial charge in [0, 0.05) is 11.1 Å². The lowest BCUT2D eigenvalue weighted by Gasteiger charge is -2.48. The van der Waals surface area contributed by atoms with E-state index in [-0.39, 0.29) is 22.9 Å². The van der Waals surface area contributed by atoms with Crippen molar-refractivity contribution in [3.8, 4) is 0 Å². The van der Waals surface area contributed by atoms with Crippen molar-refractivity contribution in [3.63, 3.8) is 0 Å². The van der Waals surface area contributed by atoms with Crippen molar-refractivity contribution >= 4 is 5.97 Å². The number of piperidine rings is 1. The van der Waals surface area contributed by atoms with Gasteiger partial charge in [-0.3, -0.25) is 0 Å². The molecule has 0 aromatic rings. The van der Waals surface area contributed by atoms with Crippen LogP contribution in [0.5, 0.6) is 0 Å².